The summed E-state index contributed by atoms with van der Waals surface area (Å²) in [6.07, 6.45) is 0. The number of hydrogen-bond donors (Lipinski definition) is 2. The molecule has 0 atom stereocenters. The Morgan fingerprint density at radius 2 is 2.00 bits per heavy atom. The van der Waals surface area contributed by atoms with E-state index >= 15 is 0 Å². The first kappa shape index (κ1) is 15.1. The number of benzene rings is 1. The third-order valence-corrected chi connectivity index (χ3v) is 1.83. The molecule has 2 N–H and O–H groups in total. The van der Waals surface area contributed by atoms with Crippen LogP contribution in [0, 0.1) is 5.82 Å². The number of hydrogen-bond acceptors (Lipinski definition) is 4. The van der Waals surface area contributed by atoms with Crippen LogP contribution in [0.15, 0.2) is 18.2 Å². The molecular formula is C6H5ClFN2NaO3S. The van der Waals surface area contributed by atoms with Crippen LogP contribution in [0.4, 0.5) is 10.1 Å². The maximum absolute atomic E-state index is 12.9. The molecule has 1 rings (SSSR count). The molecule has 0 aliphatic rings. The topological polar surface area (TPSA) is 81.3 Å². The average Bonchev–Trinajstić information content (AvgIpc) is 2.00. The molecule has 1 aromatic carbocycles. The van der Waals surface area contributed by atoms with Gasteiger partial charge >= 0.3 is 29.6 Å². The second-order valence-corrected chi connectivity index (χ2v) is 3.85. The number of anilines is 1. The fourth-order valence-electron chi connectivity index (χ4n) is 0.708. The van der Waals surface area contributed by atoms with Crippen molar-refractivity contribution in [2.45, 2.75) is 0 Å². The Bertz CT molecular complexity index is 442. The predicted octanol–water partition coefficient (Wildman–Crippen LogP) is -2.14. The maximum atomic E-state index is 12.9. The largest absolute Gasteiger partial charge is 1.00 e. The van der Waals surface area contributed by atoms with Crippen molar-refractivity contribution in [3.05, 3.63) is 29.0 Å². The van der Waals surface area contributed by atoms with E-state index in [2.05, 4.69) is 0 Å². The van der Waals surface area contributed by atoms with Crippen molar-refractivity contribution < 1.29 is 46.9 Å². The van der Waals surface area contributed by atoms with Gasteiger partial charge in [0.2, 0.25) is 0 Å². The summed E-state index contributed by atoms with van der Waals surface area (Å²) in [4.78, 5) is 1.38. The van der Waals surface area contributed by atoms with Crippen LogP contribution in [-0.4, -0.2) is 13.0 Å². The molecule has 0 bridgehead atoms. The van der Waals surface area contributed by atoms with Crippen molar-refractivity contribution >= 4 is 27.6 Å². The Morgan fingerprint density at radius 1 is 1.40 bits per heavy atom. The fourth-order valence-corrected chi connectivity index (χ4v) is 1.10. The number of halogens is 2. The Balaban J connectivity index is 0.00000196. The molecule has 0 heterocycles. The van der Waals surface area contributed by atoms with E-state index < -0.39 is 16.1 Å². The molecule has 0 unspecified atom stereocenters. The molecule has 1 aromatic rings. The Labute approximate surface area is 113 Å². The van der Waals surface area contributed by atoms with Gasteiger partial charge in [-0.3, -0.25) is 0 Å². The van der Waals surface area contributed by atoms with E-state index in [1.807, 2.05) is 5.43 Å². The second-order valence-electron chi connectivity index (χ2n) is 2.31. The van der Waals surface area contributed by atoms with E-state index in [9.17, 15) is 17.4 Å². The van der Waals surface area contributed by atoms with Crippen molar-refractivity contribution in [3.63, 3.8) is 0 Å². The molecular weight excluding hydrogens is 258 g/mol. The van der Waals surface area contributed by atoms with Gasteiger partial charge in [-0.15, -0.1) is 4.83 Å². The van der Waals surface area contributed by atoms with E-state index in [-0.39, 0.29) is 40.3 Å². The molecule has 5 nitrogen and oxygen atoms in total. The van der Waals surface area contributed by atoms with Crippen LogP contribution in [0.1, 0.15) is 0 Å². The number of hydrazine groups is 1. The Kier molecular flexibility index (Phi) is 6.04. The monoisotopic (exact) mass is 262 g/mol. The number of nitrogens with one attached hydrogen (secondary N) is 2. The van der Waals surface area contributed by atoms with Gasteiger partial charge in [0.1, 0.15) is 5.82 Å². The van der Waals surface area contributed by atoms with Gasteiger partial charge in [-0.05, 0) is 18.2 Å². The first-order chi connectivity index (χ1) is 6.38. The van der Waals surface area contributed by atoms with Gasteiger partial charge in [0.25, 0.3) is 0 Å². The quantitative estimate of drug-likeness (QED) is 0.370. The van der Waals surface area contributed by atoms with Crippen molar-refractivity contribution in [1.82, 2.24) is 4.83 Å². The summed E-state index contributed by atoms with van der Waals surface area (Å²) in [5.74, 6) is -0.770. The minimum atomic E-state index is -4.66. The first-order valence-electron chi connectivity index (χ1n) is 3.32. The van der Waals surface area contributed by atoms with Crippen LogP contribution in [0.25, 0.3) is 0 Å². The van der Waals surface area contributed by atoms with Gasteiger partial charge in [0, 0.05) is 5.02 Å². The molecule has 0 fully saturated rings. The van der Waals surface area contributed by atoms with E-state index in [1.165, 1.54) is 17.0 Å². The van der Waals surface area contributed by atoms with Crippen LogP contribution >= 0.6 is 11.6 Å². The van der Waals surface area contributed by atoms with E-state index in [0.29, 0.717) is 0 Å². The summed E-state index contributed by atoms with van der Waals surface area (Å²) in [5, 5.41) is 0.165. The molecule has 9 heteroatoms. The zero-order chi connectivity index (χ0) is 10.8. The maximum Gasteiger partial charge on any atom is 1.00 e. The first-order valence-corrected chi connectivity index (χ1v) is 5.11. The SMILES string of the molecule is O=S(=O)([O-])NNc1ccc(Cl)cc1F.[Na+]. The summed E-state index contributed by atoms with van der Waals surface area (Å²) in [7, 11) is -4.66. The summed E-state index contributed by atoms with van der Waals surface area (Å²) in [6.45, 7) is 0. The average molecular weight is 263 g/mol. The van der Waals surface area contributed by atoms with Gasteiger partial charge in [-0.1, -0.05) is 11.6 Å². The van der Waals surface area contributed by atoms with Crippen molar-refractivity contribution in [2.24, 2.45) is 0 Å². The molecule has 0 saturated carbocycles. The van der Waals surface area contributed by atoms with Crippen LogP contribution < -0.4 is 39.8 Å². The number of rotatable bonds is 3. The van der Waals surface area contributed by atoms with Gasteiger partial charge < -0.3 is 9.98 Å². The van der Waals surface area contributed by atoms with Crippen LogP contribution in [0.3, 0.4) is 0 Å². The van der Waals surface area contributed by atoms with E-state index in [0.717, 1.165) is 6.07 Å². The molecule has 0 aliphatic carbocycles. The summed E-state index contributed by atoms with van der Waals surface area (Å²) >= 11 is 5.44. The van der Waals surface area contributed by atoms with Crippen molar-refractivity contribution in [2.75, 3.05) is 5.43 Å². The zero-order valence-corrected chi connectivity index (χ0v) is 11.2. The third-order valence-electron chi connectivity index (χ3n) is 1.24. The molecule has 0 spiro atoms. The fraction of sp³-hybridized carbons (Fsp3) is 0. The van der Waals surface area contributed by atoms with Gasteiger partial charge in [-0.25, -0.2) is 12.8 Å². The van der Waals surface area contributed by atoms with Crippen LogP contribution in [0.5, 0.6) is 0 Å². The van der Waals surface area contributed by atoms with Gasteiger partial charge in [-0.2, -0.15) is 0 Å². The van der Waals surface area contributed by atoms with Gasteiger partial charge in [0.05, 0.1) is 5.69 Å². The molecule has 15 heavy (non-hydrogen) atoms. The van der Waals surface area contributed by atoms with Crippen LogP contribution in [-0.2, 0) is 10.3 Å². The minimum absolute atomic E-state index is 0. The Morgan fingerprint density at radius 3 is 2.47 bits per heavy atom. The normalized spacial score (nSPS) is 10.6. The zero-order valence-electron chi connectivity index (χ0n) is 7.62. The second kappa shape index (κ2) is 6.00. The molecule has 0 saturated heterocycles. The molecule has 0 aliphatic heterocycles. The van der Waals surface area contributed by atoms with Crippen molar-refractivity contribution in [1.29, 1.82) is 0 Å². The Hall–Kier alpha value is 0.110. The van der Waals surface area contributed by atoms with Crippen LogP contribution in [0.2, 0.25) is 5.02 Å². The van der Waals surface area contributed by atoms with Crippen molar-refractivity contribution in [3.8, 4) is 0 Å². The van der Waals surface area contributed by atoms with Gasteiger partial charge in [0.15, 0.2) is 10.3 Å². The van der Waals surface area contributed by atoms with E-state index in [4.69, 9.17) is 11.6 Å². The molecule has 78 valence electrons. The summed E-state index contributed by atoms with van der Waals surface area (Å²) in [6, 6.07) is 3.50. The molecule has 0 aromatic heterocycles. The summed E-state index contributed by atoms with van der Waals surface area (Å²) in [5.41, 5.74) is 1.71. The predicted molar refractivity (Wildman–Crippen MR) is 47.9 cm³/mol. The standard InChI is InChI=1S/C6H6ClFN2O3S.Na/c7-4-1-2-6(5(8)3-4)9-10-14(11,12)13;/h1-3,9-10H,(H,11,12,13);/q;+1/p-1. The molecule has 0 radical (unpaired) electrons. The summed E-state index contributed by atoms with van der Waals surface area (Å²) < 4.78 is 43.3. The third kappa shape index (κ3) is 5.67. The molecule has 0 amide bonds. The minimum Gasteiger partial charge on any atom is -0.734 e. The van der Waals surface area contributed by atoms with E-state index in [1.54, 1.807) is 0 Å². The smallest absolute Gasteiger partial charge is 0.734 e.